The van der Waals surface area contributed by atoms with Crippen molar-refractivity contribution in [2.45, 2.75) is 36.6 Å². The number of hydrogen-bond acceptors (Lipinski definition) is 5. The zero-order valence-corrected chi connectivity index (χ0v) is 16.1. The summed E-state index contributed by atoms with van der Waals surface area (Å²) < 4.78 is 74.0. The predicted molar refractivity (Wildman–Crippen MR) is 96.5 cm³/mol. The van der Waals surface area contributed by atoms with E-state index in [1.165, 1.54) is 0 Å². The largest absolute Gasteiger partial charge is 0.573 e. The lowest BCUT2D eigenvalue weighted by Crippen LogP contribution is -2.51. The smallest absolute Gasteiger partial charge is 0.464 e. The fourth-order valence-corrected chi connectivity index (χ4v) is 4.70. The van der Waals surface area contributed by atoms with Gasteiger partial charge in [-0.3, -0.25) is 0 Å². The molecule has 0 radical (unpaired) electrons. The second-order valence-corrected chi connectivity index (χ2v) is 8.09. The summed E-state index contributed by atoms with van der Waals surface area (Å²) in [5, 5.41) is 0. The molecule has 0 heterocycles. The molecule has 0 aromatic heterocycles. The Labute approximate surface area is 165 Å². The number of carbonyl (C=O) groups is 1. The van der Waals surface area contributed by atoms with Gasteiger partial charge in [0.1, 0.15) is 5.75 Å². The summed E-state index contributed by atoms with van der Waals surface area (Å²) >= 11 is 0. The lowest BCUT2D eigenvalue weighted by molar-refractivity contribution is -0.274. The second-order valence-electron chi connectivity index (χ2n) is 6.41. The van der Waals surface area contributed by atoms with Gasteiger partial charge in [-0.05, 0) is 55.2 Å². The van der Waals surface area contributed by atoms with Crippen LogP contribution in [0, 0.1) is 0 Å². The molecule has 0 amide bonds. The Morgan fingerprint density at radius 1 is 1.14 bits per heavy atom. The van der Waals surface area contributed by atoms with Crippen LogP contribution in [0.4, 0.5) is 13.2 Å². The van der Waals surface area contributed by atoms with E-state index < -0.39 is 33.6 Å². The first-order valence-corrected chi connectivity index (χ1v) is 10.2. The number of sulfonamides is 1. The molecule has 29 heavy (non-hydrogen) atoms. The summed E-state index contributed by atoms with van der Waals surface area (Å²) in [6, 6.07) is 10.7. The van der Waals surface area contributed by atoms with Gasteiger partial charge in [-0.1, -0.05) is 24.3 Å². The van der Waals surface area contributed by atoms with Crippen molar-refractivity contribution in [3.63, 3.8) is 0 Å². The summed E-state index contributed by atoms with van der Waals surface area (Å²) in [4.78, 5) is 12.5. The SMILES string of the molecule is CCOC(=O)C1(NS(=O)(=O)c2ccc(OC(F)(F)F)cc2)CCc2ccccc21. The molecule has 0 bridgehead atoms. The molecule has 0 saturated carbocycles. The van der Waals surface area contributed by atoms with E-state index in [2.05, 4.69) is 9.46 Å². The Morgan fingerprint density at radius 3 is 2.41 bits per heavy atom. The molecule has 156 valence electrons. The number of alkyl halides is 3. The second kappa shape index (κ2) is 7.68. The van der Waals surface area contributed by atoms with Crippen LogP contribution in [-0.2, 0) is 31.5 Å². The summed E-state index contributed by atoms with van der Waals surface area (Å²) in [5.41, 5.74) is -0.289. The van der Waals surface area contributed by atoms with Gasteiger partial charge in [0, 0.05) is 0 Å². The number of fused-ring (bicyclic) bond motifs is 1. The maximum absolute atomic E-state index is 12.9. The molecule has 0 spiro atoms. The number of nitrogens with one attached hydrogen (secondary N) is 1. The third kappa shape index (κ3) is 4.38. The summed E-state index contributed by atoms with van der Waals surface area (Å²) in [7, 11) is -4.26. The molecule has 0 aliphatic heterocycles. The average molecular weight is 429 g/mol. The monoisotopic (exact) mass is 429 g/mol. The van der Waals surface area contributed by atoms with Crippen molar-refractivity contribution in [1.29, 1.82) is 0 Å². The molecular weight excluding hydrogens is 411 g/mol. The van der Waals surface area contributed by atoms with Crippen LogP contribution in [-0.4, -0.2) is 27.4 Å². The zero-order chi connectivity index (χ0) is 21.3. The Bertz CT molecular complexity index is 1010. The summed E-state index contributed by atoms with van der Waals surface area (Å²) in [5.74, 6) is -1.28. The maximum atomic E-state index is 12.9. The zero-order valence-electron chi connectivity index (χ0n) is 15.3. The third-order valence-corrected chi connectivity index (χ3v) is 6.06. The molecule has 1 aliphatic rings. The molecule has 0 saturated heterocycles. The van der Waals surface area contributed by atoms with Crippen molar-refractivity contribution in [2.24, 2.45) is 0 Å². The first-order chi connectivity index (χ1) is 13.6. The Morgan fingerprint density at radius 2 is 1.79 bits per heavy atom. The summed E-state index contributed by atoms with van der Waals surface area (Å²) in [6.45, 7) is 1.67. The van der Waals surface area contributed by atoms with Gasteiger partial charge in [-0.2, -0.15) is 4.72 Å². The van der Waals surface area contributed by atoms with Crippen LogP contribution >= 0.6 is 0 Å². The fraction of sp³-hybridized carbons (Fsp3) is 0.316. The van der Waals surface area contributed by atoms with Crippen LogP contribution in [0.15, 0.2) is 53.4 Å². The van der Waals surface area contributed by atoms with Crippen LogP contribution in [0.3, 0.4) is 0 Å². The first kappa shape index (κ1) is 21.1. The van der Waals surface area contributed by atoms with E-state index in [1.54, 1.807) is 31.2 Å². The van der Waals surface area contributed by atoms with Gasteiger partial charge in [0.25, 0.3) is 0 Å². The lowest BCUT2D eigenvalue weighted by Gasteiger charge is -2.29. The van der Waals surface area contributed by atoms with E-state index in [4.69, 9.17) is 4.74 Å². The van der Waals surface area contributed by atoms with Crippen molar-refractivity contribution in [3.8, 4) is 5.75 Å². The molecule has 1 unspecified atom stereocenters. The van der Waals surface area contributed by atoms with E-state index in [9.17, 15) is 26.4 Å². The highest BCUT2D eigenvalue weighted by atomic mass is 32.2. The normalized spacial score (nSPS) is 18.9. The van der Waals surface area contributed by atoms with Crippen LogP contribution in [0.25, 0.3) is 0 Å². The fourth-order valence-electron chi connectivity index (χ4n) is 3.33. The molecule has 1 atom stereocenters. The van der Waals surface area contributed by atoms with Gasteiger partial charge in [-0.25, -0.2) is 13.2 Å². The summed E-state index contributed by atoms with van der Waals surface area (Å²) in [6.07, 6.45) is -4.25. The molecule has 2 aromatic rings. The Hall–Kier alpha value is -2.59. The van der Waals surface area contributed by atoms with Gasteiger partial charge >= 0.3 is 12.3 Å². The van der Waals surface area contributed by atoms with Gasteiger partial charge in [0.2, 0.25) is 10.0 Å². The molecule has 1 aliphatic carbocycles. The van der Waals surface area contributed by atoms with Crippen LogP contribution in [0.2, 0.25) is 0 Å². The first-order valence-electron chi connectivity index (χ1n) is 8.73. The quantitative estimate of drug-likeness (QED) is 0.713. The standard InChI is InChI=1S/C19H18F3NO5S/c1-2-27-17(24)18(12-11-13-5-3-4-6-16(13)18)23-29(25,26)15-9-7-14(8-10-15)28-19(20,21)22/h3-10,23H,2,11-12H2,1H3. The molecule has 10 heteroatoms. The highest BCUT2D eigenvalue weighted by Gasteiger charge is 2.49. The predicted octanol–water partition coefficient (Wildman–Crippen LogP) is 3.27. The van der Waals surface area contributed by atoms with Gasteiger partial charge in [0.05, 0.1) is 11.5 Å². The topological polar surface area (TPSA) is 81.7 Å². The number of carbonyl (C=O) groups excluding carboxylic acids is 1. The Balaban J connectivity index is 1.95. The number of ether oxygens (including phenoxy) is 2. The number of benzene rings is 2. The van der Waals surface area contributed by atoms with Crippen molar-refractivity contribution in [3.05, 3.63) is 59.7 Å². The van der Waals surface area contributed by atoms with Gasteiger partial charge in [0.15, 0.2) is 5.54 Å². The molecule has 0 fully saturated rings. The van der Waals surface area contributed by atoms with E-state index in [0.717, 1.165) is 29.8 Å². The average Bonchev–Trinajstić information content (AvgIpc) is 3.00. The molecular formula is C19H18F3NO5S. The molecule has 3 rings (SSSR count). The highest BCUT2D eigenvalue weighted by Crippen LogP contribution is 2.39. The molecule has 1 N–H and O–H groups in total. The minimum Gasteiger partial charge on any atom is -0.464 e. The maximum Gasteiger partial charge on any atom is 0.573 e. The van der Waals surface area contributed by atoms with Gasteiger partial charge in [-0.15, -0.1) is 13.2 Å². The van der Waals surface area contributed by atoms with Crippen LogP contribution < -0.4 is 9.46 Å². The minimum absolute atomic E-state index is 0.0634. The molecule has 2 aromatic carbocycles. The van der Waals surface area contributed by atoms with E-state index >= 15 is 0 Å². The van der Waals surface area contributed by atoms with Crippen molar-refractivity contribution in [2.75, 3.05) is 6.61 Å². The number of hydrogen-bond donors (Lipinski definition) is 1. The van der Waals surface area contributed by atoms with E-state index in [-0.39, 0.29) is 17.9 Å². The lowest BCUT2D eigenvalue weighted by atomic mass is 9.93. The third-order valence-electron chi connectivity index (χ3n) is 4.55. The number of esters is 1. The van der Waals surface area contributed by atoms with Crippen LogP contribution in [0.5, 0.6) is 5.75 Å². The molecule has 6 nitrogen and oxygen atoms in total. The van der Waals surface area contributed by atoms with Crippen molar-refractivity contribution < 1.29 is 35.9 Å². The van der Waals surface area contributed by atoms with Crippen molar-refractivity contribution in [1.82, 2.24) is 4.72 Å². The van der Waals surface area contributed by atoms with Crippen molar-refractivity contribution >= 4 is 16.0 Å². The number of rotatable bonds is 6. The van der Waals surface area contributed by atoms with E-state index in [1.807, 2.05) is 0 Å². The Kier molecular flexibility index (Phi) is 5.59. The van der Waals surface area contributed by atoms with Crippen LogP contribution in [0.1, 0.15) is 24.5 Å². The van der Waals surface area contributed by atoms with Gasteiger partial charge < -0.3 is 9.47 Å². The van der Waals surface area contributed by atoms with E-state index in [0.29, 0.717) is 12.0 Å². The minimum atomic E-state index is -4.89. The number of aryl methyl sites for hydroxylation is 1. The number of halogens is 3. The highest BCUT2D eigenvalue weighted by molar-refractivity contribution is 7.89.